The first-order chi connectivity index (χ1) is 14.1. The van der Waals surface area contributed by atoms with Crippen LogP contribution in [-0.4, -0.2) is 17.1 Å². The van der Waals surface area contributed by atoms with Crippen LogP contribution in [0.25, 0.3) is 0 Å². The Morgan fingerprint density at radius 2 is 1.62 bits per heavy atom. The summed E-state index contributed by atoms with van der Waals surface area (Å²) in [6.45, 7) is 0. The molecule has 2 aromatic rings. The van der Waals surface area contributed by atoms with Gasteiger partial charge in [-0.25, -0.2) is 9.97 Å². The van der Waals surface area contributed by atoms with E-state index in [1.807, 2.05) is 36.4 Å². The zero-order chi connectivity index (χ0) is 20.3. The minimum atomic E-state index is -0.636. The average molecular weight is 520 g/mol. The second-order valence-electron chi connectivity index (χ2n) is 8.36. The van der Waals surface area contributed by atoms with Crippen LogP contribution in [0, 0.1) is 17.8 Å². The number of unbranched alkanes of at least 4 members (excludes halogenated alkanes) is 2. The molecular weight excluding hydrogens is 492 g/mol. The molecule has 2 aliphatic rings. The smallest absolute Gasteiger partial charge is 0.151 e. The van der Waals surface area contributed by atoms with E-state index in [1.54, 1.807) is 7.11 Å². The lowest BCUT2D eigenvalue weighted by molar-refractivity contribution is 0.00474. The fourth-order valence-electron chi connectivity index (χ4n) is 5.15. The molecule has 0 aromatic carbocycles. The van der Waals surface area contributed by atoms with E-state index in [9.17, 15) is 0 Å². The number of halogens is 2. The van der Waals surface area contributed by atoms with Gasteiger partial charge in [0.2, 0.25) is 0 Å². The summed E-state index contributed by atoms with van der Waals surface area (Å²) in [5.74, 6) is 2.64. The Morgan fingerprint density at radius 3 is 2.14 bits per heavy atom. The largest absolute Gasteiger partial charge is 0.366 e. The lowest BCUT2D eigenvalue weighted by Crippen LogP contribution is -2.32. The maximum atomic E-state index is 6.16. The summed E-state index contributed by atoms with van der Waals surface area (Å²) >= 11 is 7.03. The molecule has 3 nitrogen and oxygen atoms in total. The third-order valence-corrected chi connectivity index (χ3v) is 7.51. The molecule has 1 fully saturated rings. The zero-order valence-electron chi connectivity index (χ0n) is 16.9. The van der Waals surface area contributed by atoms with Crippen molar-refractivity contribution in [2.75, 3.05) is 7.11 Å². The summed E-state index contributed by atoms with van der Waals surface area (Å²) in [6.07, 6.45) is 13.5. The fourth-order valence-corrected chi connectivity index (χ4v) is 5.84. The molecule has 2 aliphatic carbocycles. The summed E-state index contributed by atoms with van der Waals surface area (Å²) in [5.41, 5.74) is 1.17. The number of ether oxygens (including phenoxy) is 1. The van der Waals surface area contributed by atoms with Gasteiger partial charge in [0.25, 0.3) is 0 Å². The molecule has 0 amide bonds. The third kappa shape index (κ3) is 4.67. The number of methoxy groups -OCH3 is 1. The Hall–Kier alpha value is -1.04. The topological polar surface area (TPSA) is 35.0 Å². The molecule has 0 radical (unpaired) electrons. The van der Waals surface area contributed by atoms with E-state index in [0.717, 1.165) is 51.2 Å². The lowest BCUT2D eigenvalue weighted by Gasteiger charge is -2.32. The number of hydrogen-bond donors (Lipinski definition) is 0. The Bertz CT molecular complexity index is 824. The zero-order valence-corrected chi connectivity index (χ0v) is 20.0. The molecule has 154 valence electrons. The van der Waals surface area contributed by atoms with Crippen molar-refractivity contribution < 1.29 is 4.74 Å². The molecule has 0 saturated heterocycles. The highest BCUT2D eigenvalue weighted by Crippen LogP contribution is 2.45. The standard InChI is InChI=1S/C24H28Br2N2O/c1-29-24(20-8-5-10-22(25)27-20,21-9-6-11-23(26)28-21)14-4-2-3-7-18-15-17-12-13-19(18)16-17/h5-6,8-13,17-19H,2-4,7,14-16H2,1H3. The van der Waals surface area contributed by atoms with Crippen LogP contribution in [0.3, 0.4) is 0 Å². The molecule has 4 rings (SSSR count). The van der Waals surface area contributed by atoms with E-state index in [4.69, 9.17) is 14.7 Å². The Labute approximate surface area is 190 Å². The van der Waals surface area contributed by atoms with Gasteiger partial charge in [0.1, 0.15) is 9.21 Å². The lowest BCUT2D eigenvalue weighted by atomic mass is 9.86. The van der Waals surface area contributed by atoms with Gasteiger partial charge in [-0.15, -0.1) is 0 Å². The maximum Gasteiger partial charge on any atom is 0.151 e. The van der Waals surface area contributed by atoms with Crippen LogP contribution in [-0.2, 0) is 10.3 Å². The van der Waals surface area contributed by atoms with E-state index >= 15 is 0 Å². The Kier molecular flexibility index (Phi) is 6.87. The summed E-state index contributed by atoms with van der Waals surface area (Å²) < 4.78 is 7.80. The Balaban J connectivity index is 1.44. The molecule has 5 heteroatoms. The van der Waals surface area contributed by atoms with Gasteiger partial charge >= 0.3 is 0 Å². The first-order valence-corrected chi connectivity index (χ1v) is 12.2. The minimum absolute atomic E-state index is 0.636. The van der Waals surface area contributed by atoms with Crippen LogP contribution in [0.15, 0.2) is 57.8 Å². The average Bonchev–Trinajstić information content (AvgIpc) is 3.34. The first-order valence-electron chi connectivity index (χ1n) is 10.6. The number of aromatic nitrogens is 2. The summed E-state index contributed by atoms with van der Waals surface area (Å²) in [4.78, 5) is 9.48. The van der Waals surface area contributed by atoms with Crippen molar-refractivity contribution >= 4 is 31.9 Å². The van der Waals surface area contributed by atoms with E-state index in [2.05, 4.69) is 44.0 Å². The van der Waals surface area contributed by atoms with Crippen molar-refractivity contribution in [2.45, 2.75) is 50.5 Å². The predicted octanol–water partition coefficient (Wildman–Crippen LogP) is 7.05. The first kappa shape index (κ1) is 21.2. The molecule has 0 spiro atoms. The monoisotopic (exact) mass is 518 g/mol. The van der Waals surface area contributed by atoms with Crippen molar-refractivity contribution in [1.29, 1.82) is 0 Å². The number of allylic oxidation sites excluding steroid dienone is 2. The molecule has 1 saturated carbocycles. The molecule has 0 N–H and O–H groups in total. The van der Waals surface area contributed by atoms with Gasteiger partial charge in [0.15, 0.2) is 5.60 Å². The normalized spacial score (nSPS) is 23.1. The fraction of sp³-hybridized carbons (Fsp3) is 0.500. The van der Waals surface area contributed by atoms with Crippen molar-refractivity contribution in [1.82, 2.24) is 9.97 Å². The highest BCUT2D eigenvalue weighted by atomic mass is 79.9. The maximum absolute atomic E-state index is 6.16. The molecule has 2 heterocycles. The van der Waals surface area contributed by atoms with Crippen molar-refractivity contribution in [2.24, 2.45) is 17.8 Å². The molecular formula is C24H28Br2N2O. The van der Waals surface area contributed by atoms with Crippen molar-refractivity contribution in [3.63, 3.8) is 0 Å². The molecule has 0 aliphatic heterocycles. The third-order valence-electron chi connectivity index (χ3n) is 6.63. The van der Waals surface area contributed by atoms with Gasteiger partial charge in [-0.05, 0) is 106 Å². The molecule has 2 bridgehead atoms. The second kappa shape index (κ2) is 9.40. The van der Waals surface area contributed by atoms with Gasteiger partial charge in [-0.2, -0.15) is 0 Å². The number of fused-ring (bicyclic) bond motifs is 2. The van der Waals surface area contributed by atoms with Crippen LogP contribution in [0.5, 0.6) is 0 Å². The highest BCUT2D eigenvalue weighted by Gasteiger charge is 2.38. The summed E-state index contributed by atoms with van der Waals surface area (Å²) in [6, 6.07) is 12.0. The number of hydrogen-bond acceptors (Lipinski definition) is 3. The quantitative estimate of drug-likeness (QED) is 0.202. The molecule has 29 heavy (non-hydrogen) atoms. The summed E-state index contributed by atoms with van der Waals surface area (Å²) in [5, 5.41) is 0. The SMILES string of the molecule is COC(CCCCCC1CC2C=CC1C2)(c1cccc(Br)n1)c1cccc(Br)n1. The van der Waals surface area contributed by atoms with Crippen LogP contribution >= 0.6 is 31.9 Å². The van der Waals surface area contributed by atoms with E-state index in [0.29, 0.717) is 0 Å². The van der Waals surface area contributed by atoms with Gasteiger partial charge in [-0.1, -0.05) is 37.1 Å². The highest BCUT2D eigenvalue weighted by molar-refractivity contribution is 9.10. The summed E-state index contributed by atoms with van der Waals surface area (Å²) in [7, 11) is 1.77. The number of pyridine rings is 2. The minimum Gasteiger partial charge on any atom is -0.366 e. The molecule has 3 atom stereocenters. The van der Waals surface area contributed by atoms with Crippen LogP contribution < -0.4 is 0 Å². The van der Waals surface area contributed by atoms with E-state index in [1.165, 1.54) is 32.1 Å². The van der Waals surface area contributed by atoms with Gasteiger partial charge in [0.05, 0.1) is 11.4 Å². The van der Waals surface area contributed by atoms with Gasteiger partial charge in [-0.3, -0.25) is 0 Å². The Morgan fingerprint density at radius 1 is 0.931 bits per heavy atom. The van der Waals surface area contributed by atoms with Crippen molar-refractivity contribution in [3.05, 3.63) is 69.1 Å². The van der Waals surface area contributed by atoms with Gasteiger partial charge in [0, 0.05) is 7.11 Å². The van der Waals surface area contributed by atoms with Gasteiger partial charge < -0.3 is 4.74 Å². The van der Waals surface area contributed by atoms with Crippen LogP contribution in [0.4, 0.5) is 0 Å². The molecule has 2 aromatic heterocycles. The van der Waals surface area contributed by atoms with Crippen molar-refractivity contribution in [3.8, 4) is 0 Å². The van der Waals surface area contributed by atoms with Crippen LogP contribution in [0.1, 0.15) is 56.3 Å². The number of nitrogens with zero attached hydrogens (tertiary/aromatic N) is 2. The van der Waals surface area contributed by atoms with E-state index < -0.39 is 5.60 Å². The molecule has 3 unspecified atom stereocenters. The number of rotatable bonds is 9. The van der Waals surface area contributed by atoms with E-state index in [-0.39, 0.29) is 0 Å². The second-order valence-corrected chi connectivity index (χ2v) is 9.99. The van der Waals surface area contributed by atoms with Crippen LogP contribution in [0.2, 0.25) is 0 Å². The predicted molar refractivity (Wildman–Crippen MR) is 124 cm³/mol.